The number of aliphatic hydroxyl groups is 1. The Hall–Kier alpha value is -3.70. The van der Waals surface area contributed by atoms with Crippen molar-refractivity contribution in [2.24, 2.45) is 0 Å². The number of phosphoric ester groups is 2. The van der Waals surface area contributed by atoms with Crippen LogP contribution in [0.4, 0.5) is 0 Å². The smallest absolute Gasteiger partial charge is 0.463 e. The minimum Gasteiger partial charge on any atom is -0.463 e. The van der Waals surface area contributed by atoms with Gasteiger partial charge in [-0.25, -0.2) is 9.13 Å². The van der Waals surface area contributed by atoms with Gasteiger partial charge in [0.1, 0.15) is 44.1 Å². The van der Waals surface area contributed by atoms with Crippen molar-refractivity contribution in [1.82, 2.24) is 0 Å². The normalized spacial score (nSPS) is 14.5. The fourth-order valence-corrected chi connectivity index (χ4v) is 11.7. The second-order valence-corrected chi connectivity index (χ2v) is 28.4. The summed E-state index contributed by atoms with van der Waals surface area (Å²) in [6.07, 6.45) is 78.2. The van der Waals surface area contributed by atoms with Crippen molar-refractivity contribution in [3.05, 3.63) is 97.2 Å². The minimum atomic E-state index is -4.84. The summed E-state index contributed by atoms with van der Waals surface area (Å²) in [5, 5.41) is 10.6. The van der Waals surface area contributed by atoms with E-state index < -0.39 is 72.3 Å². The zero-order valence-corrected chi connectivity index (χ0v) is 63.0. The molecule has 0 rings (SSSR count). The summed E-state index contributed by atoms with van der Waals surface area (Å²) < 4.78 is 69.8. The van der Waals surface area contributed by atoms with Crippen LogP contribution < -0.4 is 0 Å². The van der Waals surface area contributed by atoms with Crippen LogP contribution in [0.1, 0.15) is 309 Å². The second kappa shape index (κ2) is 74.5. The molecule has 0 bridgehead atoms. The van der Waals surface area contributed by atoms with Crippen LogP contribution in [-0.4, -0.2) is 111 Å². The highest BCUT2D eigenvalue weighted by Gasteiger charge is 2.29. The summed E-state index contributed by atoms with van der Waals surface area (Å²) in [6, 6.07) is 0. The Labute approximate surface area is 595 Å². The number of carbonyl (C=O) groups is 4. The SMILES string of the molecule is CCCCC/C=C\C/C=C\C/C=C\C/C=C\CCCC(=O)OC[C@H](COP(=O)(O)OC[C@@H](O)COP(=O)(O)OC[C@@H](COC(=O)CCCCCCC/C=C\C/C=C\CCCCC)OCCCCCCC/C=C\CCCCCCC=O)OCCCCCCC/C=C\CCCCCCC=O. The minimum absolute atomic E-state index is 0.172. The molecule has 0 radical (unpaired) electrons. The predicted molar refractivity (Wildman–Crippen MR) is 400 cm³/mol. The van der Waals surface area contributed by atoms with Crippen LogP contribution in [0.25, 0.3) is 0 Å². The maximum atomic E-state index is 13.1. The standard InChI is InChI=1S/C79H138O17P2/c1-3-5-7-9-11-13-15-17-19-20-22-28-34-40-46-52-58-64-79(84)92-72-77(90-68-62-56-50-44-38-32-26-24-30-36-42-48-54-60-66-81)74-96-98(87,88)94-70-75(82)69-93-97(85,86)95-73-76(89-67-61-55-49-43-37-31-25-23-29-35-41-47-53-59-65-80)71-91-78(83)63-57-51-45-39-33-27-21-18-16-14-12-10-8-6-4-2/h11-14,17-19,21-26,28,40,46,65-66,75-77,82H,3-10,15-16,20,27,29-39,41-45,47-64,67-74H2,1-2H3,(H,85,86)(H,87,88)/b13-11-,14-12-,19-17-,21-18-,25-23-,26-24-,28-22-,46-40-/t75-,76+,77+/m0/s1. The Morgan fingerprint density at radius 3 is 0.908 bits per heavy atom. The molecule has 0 aromatic carbocycles. The summed E-state index contributed by atoms with van der Waals surface area (Å²) in [5.41, 5.74) is 0. The average Bonchev–Trinajstić information content (AvgIpc) is 1.01. The van der Waals surface area contributed by atoms with E-state index in [9.17, 15) is 43.2 Å². The van der Waals surface area contributed by atoms with E-state index in [4.69, 9.17) is 37.0 Å². The Bertz CT molecular complexity index is 2170. The molecular weight excluding hydrogens is 1280 g/mol. The molecule has 0 aliphatic heterocycles. The van der Waals surface area contributed by atoms with E-state index in [1.807, 2.05) is 6.08 Å². The zero-order valence-electron chi connectivity index (χ0n) is 61.3. The molecule has 0 aromatic heterocycles. The van der Waals surface area contributed by atoms with Crippen LogP contribution in [0.5, 0.6) is 0 Å². The van der Waals surface area contributed by atoms with Crippen molar-refractivity contribution < 1.29 is 80.2 Å². The second-order valence-electron chi connectivity index (χ2n) is 25.5. The Morgan fingerprint density at radius 2 is 0.571 bits per heavy atom. The first kappa shape index (κ1) is 94.3. The quantitative estimate of drug-likeness (QED) is 0.0169. The fraction of sp³-hybridized carbons (Fsp3) is 0.747. The van der Waals surface area contributed by atoms with Crippen molar-refractivity contribution in [2.45, 2.75) is 328 Å². The first-order chi connectivity index (χ1) is 47.9. The summed E-state index contributed by atoms with van der Waals surface area (Å²) in [7, 11) is -9.67. The lowest BCUT2D eigenvalue weighted by Gasteiger charge is -2.21. The molecule has 98 heavy (non-hydrogen) atoms. The molecular formula is C79H138O17P2. The monoisotopic (exact) mass is 1420 g/mol. The van der Waals surface area contributed by atoms with Gasteiger partial charge in [-0.05, 0) is 161 Å². The van der Waals surface area contributed by atoms with Crippen molar-refractivity contribution >= 4 is 40.2 Å². The van der Waals surface area contributed by atoms with Gasteiger partial charge in [0.05, 0.1) is 26.4 Å². The first-order valence-electron chi connectivity index (χ1n) is 38.4. The topological polar surface area (TPSA) is 237 Å². The van der Waals surface area contributed by atoms with Gasteiger partial charge >= 0.3 is 27.6 Å². The molecule has 0 saturated heterocycles. The third-order valence-corrected chi connectivity index (χ3v) is 18.0. The largest absolute Gasteiger partial charge is 0.472 e. The van der Waals surface area contributed by atoms with E-state index in [1.54, 1.807) is 0 Å². The molecule has 0 amide bonds. The number of unbranched alkanes of at least 4 members (excludes halogenated alkanes) is 32. The van der Waals surface area contributed by atoms with Crippen molar-refractivity contribution in [1.29, 1.82) is 0 Å². The molecule has 0 aliphatic rings. The number of hydrogen-bond donors (Lipinski definition) is 3. The van der Waals surface area contributed by atoms with Crippen LogP contribution in [0.2, 0.25) is 0 Å². The molecule has 0 heterocycles. The van der Waals surface area contributed by atoms with Gasteiger partial charge in [-0.3, -0.25) is 27.7 Å². The van der Waals surface area contributed by atoms with E-state index >= 15 is 0 Å². The molecule has 3 N–H and O–H groups in total. The Balaban J connectivity index is 5.26. The highest BCUT2D eigenvalue weighted by atomic mass is 31.2. The molecule has 17 nitrogen and oxygen atoms in total. The number of hydrogen-bond acceptors (Lipinski definition) is 15. The van der Waals surface area contributed by atoms with Crippen LogP contribution in [-0.2, 0) is 65.4 Å². The van der Waals surface area contributed by atoms with Gasteiger partial charge in [0.15, 0.2) is 0 Å². The number of ether oxygens (including phenoxy) is 4. The third kappa shape index (κ3) is 73.5. The van der Waals surface area contributed by atoms with Crippen molar-refractivity contribution in [3.8, 4) is 0 Å². The number of aldehydes is 2. The van der Waals surface area contributed by atoms with E-state index in [-0.39, 0.29) is 26.1 Å². The molecule has 19 heteroatoms. The molecule has 0 fully saturated rings. The van der Waals surface area contributed by atoms with Gasteiger partial charge in [-0.2, -0.15) is 0 Å². The fourth-order valence-electron chi connectivity index (χ4n) is 10.1. The average molecular weight is 1420 g/mol. The Kier molecular flexibility index (Phi) is 71.7. The number of esters is 2. The lowest BCUT2D eigenvalue weighted by Crippen LogP contribution is -2.28. The predicted octanol–water partition coefficient (Wildman–Crippen LogP) is 21.3. The number of allylic oxidation sites excluding steroid dienone is 16. The van der Waals surface area contributed by atoms with Gasteiger partial charge in [0.2, 0.25) is 0 Å². The highest BCUT2D eigenvalue weighted by Crippen LogP contribution is 2.45. The number of aliphatic hydroxyl groups excluding tert-OH is 1. The maximum absolute atomic E-state index is 13.1. The molecule has 5 atom stereocenters. The van der Waals surface area contributed by atoms with E-state index in [2.05, 4.69) is 105 Å². The summed E-state index contributed by atoms with van der Waals surface area (Å²) in [4.78, 5) is 67.8. The zero-order chi connectivity index (χ0) is 71.5. The van der Waals surface area contributed by atoms with Gasteiger partial charge in [-0.1, -0.05) is 220 Å². The molecule has 2 unspecified atom stereocenters. The van der Waals surface area contributed by atoms with Crippen LogP contribution in [0.15, 0.2) is 97.2 Å². The van der Waals surface area contributed by atoms with Crippen molar-refractivity contribution in [3.63, 3.8) is 0 Å². The van der Waals surface area contributed by atoms with Crippen molar-refractivity contribution in [2.75, 3.05) is 52.9 Å². The summed E-state index contributed by atoms with van der Waals surface area (Å²) in [6.45, 7) is 2.03. The van der Waals surface area contributed by atoms with Crippen LogP contribution in [0, 0.1) is 0 Å². The van der Waals surface area contributed by atoms with Crippen LogP contribution in [0.3, 0.4) is 0 Å². The lowest BCUT2D eigenvalue weighted by molar-refractivity contribution is -0.150. The number of phosphoric acid groups is 2. The summed E-state index contributed by atoms with van der Waals surface area (Å²) >= 11 is 0. The molecule has 566 valence electrons. The van der Waals surface area contributed by atoms with Crippen LogP contribution >= 0.6 is 15.6 Å². The Morgan fingerprint density at radius 1 is 0.316 bits per heavy atom. The van der Waals surface area contributed by atoms with E-state index in [0.29, 0.717) is 51.7 Å². The van der Waals surface area contributed by atoms with Gasteiger partial charge in [-0.15, -0.1) is 0 Å². The van der Waals surface area contributed by atoms with Gasteiger partial charge < -0.3 is 43.4 Å². The molecule has 0 aliphatic carbocycles. The first-order valence-corrected chi connectivity index (χ1v) is 41.4. The molecule has 0 aromatic rings. The third-order valence-electron chi connectivity index (χ3n) is 16.1. The van der Waals surface area contributed by atoms with E-state index in [0.717, 1.165) is 218 Å². The van der Waals surface area contributed by atoms with Gasteiger partial charge in [0.25, 0.3) is 0 Å². The lowest BCUT2D eigenvalue weighted by atomic mass is 10.1. The van der Waals surface area contributed by atoms with E-state index in [1.165, 1.54) is 38.5 Å². The number of carbonyl (C=O) groups excluding carboxylic acids is 4. The molecule has 0 saturated carbocycles. The highest BCUT2D eigenvalue weighted by molar-refractivity contribution is 7.47. The summed E-state index contributed by atoms with van der Waals surface area (Å²) in [5.74, 6) is -0.844. The van der Waals surface area contributed by atoms with Gasteiger partial charge in [0, 0.05) is 38.9 Å². The molecule has 0 spiro atoms. The number of rotatable bonds is 76. The maximum Gasteiger partial charge on any atom is 0.472 e.